The Morgan fingerprint density at radius 1 is 1.46 bits per heavy atom. The smallest absolute Gasteiger partial charge is 0.393 e. The van der Waals surface area contributed by atoms with Crippen molar-refractivity contribution in [3.8, 4) is 0 Å². The average Bonchev–Trinajstić information content (AvgIpc) is 1.81. The van der Waals surface area contributed by atoms with Crippen molar-refractivity contribution >= 4 is 22.2 Å². The monoisotopic (exact) mass is 233 g/mol. The molecular weight excluding hydrogens is 224 g/mol. The van der Waals surface area contributed by atoms with E-state index in [1.54, 1.807) is 0 Å². The molecule has 0 spiro atoms. The Labute approximate surface area is 74.7 Å². The topological polar surface area (TPSA) is 136 Å². The summed E-state index contributed by atoms with van der Waals surface area (Å²) >= 11 is 0. The van der Waals surface area contributed by atoms with Crippen LogP contribution >= 0.6 is 16.2 Å². The lowest BCUT2D eigenvalue weighted by molar-refractivity contribution is -0.133. The molecule has 0 aliphatic carbocycles. The minimum absolute atomic E-state index is 0.495. The Morgan fingerprint density at radius 3 is 2.38 bits per heavy atom. The van der Waals surface area contributed by atoms with E-state index in [2.05, 4.69) is 9.84 Å². The van der Waals surface area contributed by atoms with Gasteiger partial charge in [-0.3, -0.25) is 14.7 Å². The lowest BCUT2D eigenvalue weighted by Gasteiger charge is -2.06. The van der Waals surface area contributed by atoms with Crippen LogP contribution in [-0.4, -0.2) is 38.4 Å². The molecule has 0 bridgehead atoms. The van der Waals surface area contributed by atoms with Crippen molar-refractivity contribution in [2.24, 2.45) is 0 Å². The highest BCUT2D eigenvalue weighted by molar-refractivity contribution is 7.51. The number of carbonyl (C=O) groups is 1. The average molecular weight is 233 g/mol. The van der Waals surface area contributed by atoms with E-state index in [4.69, 9.17) is 19.6 Å². The van der Waals surface area contributed by atoms with Gasteiger partial charge < -0.3 is 24.1 Å². The predicted molar refractivity (Wildman–Crippen MR) is 42.4 cm³/mol. The van der Waals surface area contributed by atoms with Crippen molar-refractivity contribution in [3.05, 3.63) is 0 Å². The Kier molecular flexibility index (Phi) is 5.59. The van der Waals surface area contributed by atoms with Gasteiger partial charge in [0.25, 0.3) is 0 Å². The van der Waals surface area contributed by atoms with E-state index in [0.717, 1.165) is 0 Å². The first-order valence-electron chi connectivity index (χ1n) is 2.95. The van der Waals surface area contributed by atoms with E-state index in [0.29, 0.717) is 0 Å². The minimum atomic E-state index is -4.19. The van der Waals surface area contributed by atoms with Crippen molar-refractivity contribution in [1.82, 2.24) is 5.32 Å². The molecule has 13 heavy (non-hydrogen) atoms. The van der Waals surface area contributed by atoms with Gasteiger partial charge in [0.05, 0.1) is 12.8 Å². The van der Waals surface area contributed by atoms with E-state index in [1.165, 1.54) is 0 Å². The molecule has 5 N–H and O–H groups in total. The third-order valence-electron chi connectivity index (χ3n) is 0.771. The van der Waals surface area contributed by atoms with Gasteiger partial charge in [0.15, 0.2) is 0 Å². The normalized spacial score (nSPS) is 11.8. The molecule has 0 unspecified atom stereocenters. The van der Waals surface area contributed by atoms with Gasteiger partial charge in [0, 0.05) is 0 Å². The van der Waals surface area contributed by atoms with Gasteiger partial charge in [-0.05, 0) is 0 Å². The molecule has 0 radical (unpaired) electrons. The summed E-state index contributed by atoms with van der Waals surface area (Å²) in [5, 5.41) is 2.08. The second-order valence-corrected chi connectivity index (χ2v) is 4.30. The highest BCUT2D eigenvalue weighted by atomic mass is 31.2. The molecule has 10 heteroatoms. The number of nitrogens with one attached hydrogen (secondary N) is 1. The van der Waals surface area contributed by atoms with Crippen molar-refractivity contribution in [2.45, 2.75) is 0 Å². The molecule has 8 nitrogen and oxygen atoms in total. The van der Waals surface area contributed by atoms with Crippen LogP contribution in [0.25, 0.3) is 0 Å². The summed E-state index contributed by atoms with van der Waals surface area (Å²) in [6.45, 7) is -0.495. The van der Waals surface area contributed by atoms with E-state index in [1.807, 2.05) is 0 Å². The molecule has 0 fully saturated rings. The first-order valence-corrected chi connectivity index (χ1v) is 5.91. The van der Waals surface area contributed by atoms with E-state index < -0.39 is 35.0 Å². The molecular formula is C3H9NO7P2. The second kappa shape index (κ2) is 5.62. The van der Waals surface area contributed by atoms with Crippen molar-refractivity contribution in [1.29, 1.82) is 0 Å². The van der Waals surface area contributed by atoms with Crippen LogP contribution in [0, 0.1) is 0 Å². The van der Waals surface area contributed by atoms with Crippen molar-refractivity contribution in [3.63, 3.8) is 0 Å². The zero-order valence-corrected chi connectivity index (χ0v) is 8.11. The maximum absolute atomic E-state index is 10.5. The lowest BCUT2D eigenvalue weighted by atomic mass is 10.7. The molecule has 0 aliphatic heterocycles. The summed E-state index contributed by atoms with van der Waals surface area (Å²) in [5.74, 6) is -0.996. The summed E-state index contributed by atoms with van der Waals surface area (Å²) in [5.41, 5.74) is 0. The molecule has 0 amide bonds. The van der Waals surface area contributed by atoms with Gasteiger partial charge >= 0.3 is 22.2 Å². The summed E-state index contributed by atoms with van der Waals surface area (Å²) in [6, 6.07) is 0. The zero-order valence-electron chi connectivity index (χ0n) is 6.32. The first-order chi connectivity index (χ1) is 5.81. The van der Waals surface area contributed by atoms with Gasteiger partial charge in [-0.15, -0.1) is 0 Å². The zero-order chi connectivity index (χ0) is 10.5. The summed E-state index contributed by atoms with van der Waals surface area (Å²) in [4.78, 5) is 43.5. The molecule has 0 saturated carbocycles. The highest BCUT2D eigenvalue weighted by Crippen LogP contribution is 2.31. The molecule has 0 atom stereocenters. The minimum Gasteiger partial charge on any atom is -0.393 e. The molecule has 0 aromatic heterocycles. The summed E-state index contributed by atoms with van der Waals surface area (Å²) < 4.78 is 14.1. The fourth-order valence-corrected chi connectivity index (χ4v) is 1.08. The molecule has 0 saturated heterocycles. The SMILES string of the molecule is O=C(CNCP(=O)(O)O)OP(O)O. The van der Waals surface area contributed by atoms with Crippen LogP contribution in [0.5, 0.6) is 0 Å². The summed E-state index contributed by atoms with van der Waals surface area (Å²) in [7, 11) is -6.96. The van der Waals surface area contributed by atoms with Crippen LogP contribution in [0.1, 0.15) is 0 Å². The second-order valence-electron chi connectivity index (χ2n) is 1.97. The fourth-order valence-electron chi connectivity index (χ4n) is 0.427. The van der Waals surface area contributed by atoms with E-state index in [9.17, 15) is 9.36 Å². The molecule has 0 aromatic carbocycles. The maximum Gasteiger partial charge on any atom is 0.393 e. The van der Waals surface area contributed by atoms with Crippen LogP contribution in [0.4, 0.5) is 0 Å². The van der Waals surface area contributed by atoms with Crippen molar-refractivity contribution < 1.29 is 33.5 Å². The fraction of sp³-hybridized carbons (Fsp3) is 0.667. The molecule has 0 aliphatic rings. The Bertz CT molecular complexity index is 212. The van der Waals surface area contributed by atoms with Crippen LogP contribution in [-0.2, 0) is 13.9 Å². The Balaban J connectivity index is 3.55. The Hall–Kier alpha value is -0.0700. The highest BCUT2D eigenvalue weighted by Gasteiger charge is 2.14. The van der Waals surface area contributed by atoms with Crippen LogP contribution in [0.15, 0.2) is 0 Å². The lowest BCUT2D eigenvalue weighted by Crippen LogP contribution is -2.24. The van der Waals surface area contributed by atoms with Gasteiger partial charge in [-0.25, -0.2) is 0 Å². The Morgan fingerprint density at radius 2 is 2.00 bits per heavy atom. The molecule has 0 rings (SSSR count). The van der Waals surface area contributed by atoms with E-state index >= 15 is 0 Å². The standard InChI is InChI=1S/C3H9NO7P2/c5-3(11-12(6)7)1-4-2-13(8,9)10/h4,6-7H,1-2H2,(H2,8,9,10). The summed E-state index contributed by atoms with van der Waals surface area (Å²) in [6.07, 6.45) is -0.670. The largest absolute Gasteiger partial charge is 0.393 e. The predicted octanol–water partition coefficient (Wildman–Crippen LogP) is -1.53. The first kappa shape index (κ1) is 12.9. The third kappa shape index (κ3) is 9.85. The van der Waals surface area contributed by atoms with Gasteiger partial charge in [-0.2, -0.15) is 0 Å². The third-order valence-corrected chi connectivity index (χ3v) is 1.77. The number of hydrogen-bond donors (Lipinski definition) is 5. The van der Waals surface area contributed by atoms with Gasteiger partial charge in [0.1, 0.15) is 0 Å². The number of hydrogen-bond acceptors (Lipinski definition) is 6. The van der Waals surface area contributed by atoms with Gasteiger partial charge in [0.2, 0.25) is 0 Å². The van der Waals surface area contributed by atoms with Gasteiger partial charge in [-0.1, -0.05) is 0 Å². The van der Waals surface area contributed by atoms with Crippen LogP contribution in [0.3, 0.4) is 0 Å². The van der Waals surface area contributed by atoms with Crippen LogP contribution < -0.4 is 5.32 Å². The maximum atomic E-state index is 10.5. The van der Waals surface area contributed by atoms with Crippen molar-refractivity contribution in [2.75, 3.05) is 12.8 Å². The quantitative estimate of drug-likeness (QED) is 0.360. The van der Waals surface area contributed by atoms with Crippen LogP contribution in [0.2, 0.25) is 0 Å². The number of carbonyl (C=O) groups excluding carboxylic acids is 1. The molecule has 78 valence electrons. The molecule has 0 aromatic rings. The number of rotatable bonds is 5. The van der Waals surface area contributed by atoms with E-state index in [-0.39, 0.29) is 0 Å². The molecule has 0 heterocycles.